The maximum atomic E-state index is 13.2. The number of nitrogens with one attached hydrogen (secondary N) is 1. The van der Waals surface area contributed by atoms with Gasteiger partial charge < -0.3 is 14.4 Å². The van der Waals surface area contributed by atoms with Crippen LogP contribution >= 0.6 is 0 Å². The zero-order chi connectivity index (χ0) is 26.1. The maximum absolute atomic E-state index is 13.2. The summed E-state index contributed by atoms with van der Waals surface area (Å²) in [5.74, 6) is 1.21. The molecule has 10 heteroatoms. The van der Waals surface area contributed by atoms with Crippen LogP contribution in [0.5, 0.6) is 17.4 Å². The second-order valence-electron chi connectivity index (χ2n) is 9.64. The molecule has 3 heterocycles. The van der Waals surface area contributed by atoms with Crippen molar-refractivity contribution in [2.45, 2.75) is 44.7 Å². The van der Waals surface area contributed by atoms with Gasteiger partial charge in [0.25, 0.3) is 15.9 Å². The Morgan fingerprint density at radius 2 is 1.89 bits per heavy atom. The van der Waals surface area contributed by atoms with E-state index in [2.05, 4.69) is 40.4 Å². The average Bonchev–Trinajstić information content (AvgIpc) is 3.10. The summed E-state index contributed by atoms with van der Waals surface area (Å²) in [6.45, 7) is 8.92. The van der Waals surface area contributed by atoms with Gasteiger partial charge in [-0.2, -0.15) is 13.4 Å². The molecule has 3 aromatic rings. The molecule has 1 amide bonds. The molecule has 0 spiro atoms. The zero-order valence-corrected chi connectivity index (χ0v) is 21.8. The minimum atomic E-state index is -4.28. The molecule has 1 saturated heterocycles. The number of anilines is 1. The summed E-state index contributed by atoms with van der Waals surface area (Å²) < 4.78 is 39.3. The van der Waals surface area contributed by atoms with E-state index in [1.54, 1.807) is 37.6 Å². The average molecular weight is 511 g/mol. The smallest absolute Gasteiger partial charge is 0.281 e. The highest BCUT2D eigenvalue weighted by Crippen LogP contribution is 2.37. The first-order chi connectivity index (χ1) is 17.0. The van der Waals surface area contributed by atoms with Gasteiger partial charge in [0, 0.05) is 30.4 Å². The highest BCUT2D eigenvalue weighted by Gasteiger charge is 2.39. The van der Waals surface area contributed by atoms with Crippen LogP contribution in [0.15, 0.2) is 59.8 Å². The van der Waals surface area contributed by atoms with Gasteiger partial charge in [-0.05, 0) is 69.0 Å². The first-order valence-electron chi connectivity index (χ1n) is 11.6. The molecule has 36 heavy (non-hydrogen) atoms. The van der Waals surface area contributed by atoms with Crippen LogP contribution in [0, 0.1) is 12.8 Å². The fourth-order valence-electron chi connectivity index (χ4n) is 4.59. The van der Waals surface area contributed by atoms with Crippen LogP contribution in [0.25, 0.3) is 0 Å². The van der Waals surface area contributed by atoms with Crippen LogP contribution in [-0.4, -0.2) is 43.5 Å². The van der Waals surface area contributed by atoms with Crippen molar-refractivity contribution in [2.24, 2.45) is 5.92 Å². The molecule has 0 bridgehead atoms. The van der Waals surface area contributed by atoms with Crippen molar-refractivity contribution in [2.75, 3.05) is 18.6 Å². The van der Waals surface area contributed by atoms with E-state index in [4.69, 9.17) is 9.47 Å². The molecule has 2 aromatic heterocycles. The van der Waals surface area contributed by atoms with Gasteiger partial charge in [-0.3, -0.25) is 4.79 Å². The summed E-state index contributed by atoms with van der Waals surface area (Å²) in [6.07, 6.45) is 2.54. The van der Waals surface area contributed by atoms with Crippen molar-refractivity contribution in [3.63, 3.8) is 0 Å². The van der Waals surface area contributed by atoms with Crippen molar-refractivity contribution in [3.8, 4) is 17.4 Å². The Morgan fingerprint density at radius 3 is 2.58 bits per heavy atom. The van der Waals surface area contributed by atoms with Gasteiger partial charge in [-0.25, -0.2) is 9.71 Å². The van der Waals surface area contributed by atoms with E-state index in [0.29, 0.717) is 23.2 Å². The predicted molar refractivity (Wildman–Crippen MR) is 136 cm³/mol. The Balaban J connectivity index is 1.57. The number of aryl methyl sites for hydroxylation is 1. The van der Waals surface area contributed by atoms with Crippen LogP contribution in [0.4, 0.5) is 5.82 Å². The third-order valence-electron chi connectivity index (χ3n) is 6.04. The molecule has 0 saturated carbocycles. The van der Waals surface area contributed by atoms with E-state index in [0.717, 1.165) is 18.5 Å². The van der Waals surface area contributed by atoms with Crippen LogP contribution in [-0.2, 0) is 10.0 Å². The van der Waals surface area contributed by atoms with Crippen LogP contribution in [0.2, 0.25) is 0 Å². The Labute approximate surface area is 211 Å². The third kappa shape index (κ3) is 5.43. The van der Waals surface area contributed by atoms with Crippen molar-refractivity contribution < 1.29 is 22.7 Å². The number of hydrogen-bond acceptors (Lipinski definition) is 8. The molecule has 1 aromatic carbocycles. The monoisotopic (exact) mass is 510 g/mol. The van der Waals surface area contributed by atoms with E-state index < -0.39 is 15.9 Å². The standard InChI is InChI=1S/C26H30N4O5S/c1-17-12-19(34-5)14-20(13-17)35-22-9-6-10-23(28-22)36(32,33)29-25(31)21-8-7-11-27-24(21)30-16-18(2)15-26(30,3)4/h6-14,18H,15-16H2,1-5H3,(H,29,31). The fraction of sp³-hybridized carbons (Fsp3) is 0.346. The third-order valence-corrected chi connectivity index (χ3v) is 7.27. The molecule has 0 radical (unpaired) electrons. The molecule has 190 valence electrons. The van der Waals surface area contributed by atoms with Crippen molar-refractivity contribution in [3.05, 3.63) is 65.9 Å². The summed E-state index contributed by atoms with van der Waals surface area (Å²) in [4.78, 5) is 23.7. The number of hydrogen-bond donors (Lipinski definition) is 1. The molecule has 1 aliphatic heterocycles. The number of nitrogens with zero attached hydrogens (tertiary/aromatic N) is 3. The quantitative estimate of drug-likeness (QED) is 0.500. The molecule has 9 nitrogen and oxygen atoms in total. The van der Waals surface area contributed by atoms with Gasteiger partial charge in [-0.15, -0.1) is 0 Å². The number of carbonyl (C=O) groups is 1. The predicted octanol–water partition coefficient (Wildman–Crippen LogP) is 4.33. The number of ether oxygens (including phenoxy) is 2. The number of sulfonamides is 1. The van der Waals surface area contributed by atoms with E-state index in [9.17, 15) is 13.2 Å². The van der Waals surface area contributed by atoms with Crippen molar-refractivity contribution >= 4 is 21.7 Å². The number of amides is 1. The van der Waals surface area contributed by atoms with Crippen molar-refractivity contribution in [1.82, 2.24) is 14.7 Å². The number of benzene rings is 1. The molecular weight excluding hydrogens is 480 g/mol. The molecule has 1 unspecified atom stereocenters. The second-order valence-corrected chi connectivity index (χ2v) is 11.3. The maximum Gasteiger partial charge on any atom is 0.281 e. The van der Waals surface area contributed by atoms with Gasteiger partial charge in [0.2, 0.25) is 5.88 Å². The van der Waals surface area contributed by atoms with Crippen molar-refractivity contribution in [1.29, 1.82) is 0 Å². The Hall–Kier alpha value is -3.66. The second kappa shape index (κ2) is 9.77. The molecule has 4 rings (SSSR count). The van der Waals surface area contributed by atoms with Gasteiger partial charge in [0.1, 0.15) is 17.3 Å². The van der Waals surface area contributed by atoms with Crippen LogP contribution in [0.3, 0.4) is 0 Å². The molecule has 1 N–H and O–H groups in total. The highest BCUT2D eigenvalue weighted by atomic mass is 32.2. The van der Waals surface area contributed by atoms with E-state index in [1.807, 2.05) is 13.0 Å². The highest BCUT2D eigenvalue weighted by molar-refractivity contribution is 7.90. The van der Waals surface area contributed by atoms with Crippen LogP contribution in [0.1, 0.15) is 43.1 Å². The lowest BCUT2D eigenvalue weighted by molar-refractivity contribution is 0.0981. The Morgan fingerprint density at radius 1 is 1.14 bits per heavy atom. The van der Waals surface area contributed by atoms with Gasteiger partial charge >= 0.3 is 0 Å². The lowest BCUT2D eigenvalue weighted by Gasteiger charge is -2.33. The van der Waals surface area contributed by atoms with E-state index in [-0.39, 0.29) is 22.0 Å². The molecule has 1 fully saturated rings. The number of rotatable bonds is 7. The van der Waals surface area contributed by atoms with E-state index in [1.165, 1.54) is 18.2 Å². The van der Waals surface area contributed by atoms with Crippen LogP contribution < -0.4 is 19.1 Å². The topological polar surface area (TPSA) is 111 Å². The molecule has 1 aliphatic rings. The lowest BCUT2D eigenvalue weighted by Crippen LogP contribution is -2.41. The first-order valence-corrected chi connectivity index (χ1v) is 13.1. The summed E-state index contributed by atoms with van der Waals surface area (Å²) in [5, 5.41) is -0.339. The molecule has 0 aliphatic carbocycles. The SMILES string of the molecule is COc1cc(C)cc(Oc2cccc(S(=O)(=O)NC(=O)c3cccnc3N3CC(C)CC3(C)C)n2)c1. The fourth-order valence-corrected chi connectivity index (χ4v) is 5.52. The number of carbonyl (C=O) groups excluding carboxylic acids is 1. The molecule has 1 atom stereocenters. The summed E-state index contributed by atoms with van der Waals surface area (Å²) >= 11 is 0. The Bertz CT molecular complexity index is 1390. The van der Waals surface area contributed by atoms with E-state index >= 15 is 0 Å². The first kappa shape index (κ1) is 25.4. The van der Waals surface area contributed by atoms with Gasteiger partial charge in [0.15, 0.2) is 5.03 Å². The summed E-state index contributed by atoms with van der Waals surface area (Å²) in [6, 6.07) is 12.8. The zero-order valence-electron chi connectivity index (χ0n) is 21.0. The minimum absolute atomic E-state index is 0.0628. The number of pyridine rings is 2. The largest absolute Gasteiger partial charge is 0.497 e. The summed E-state index contributed by atoms with van der Waals surface area (Å²) in [7, 11) is -2.74. The van der Waals surface area contributed by atoms with Gasteiger partial charge in [-0.1, -0.05) is 13.0 Å². The number of methoxy groups -OCH3 is 1. The lowest BCUT2D eigenvalue weighted by atomic mass is 9.97. The summed E-state index contributed by atoms with van der Waals surface area (Å²) in [5.41, 5.74) is 0.874. The van der Waals surface area contributed by atoms with Gasteiger partial charge in [0.05, 0.1) is 12.7 Å². The Kier molecular flexibility index (Phi) is 6.90. The minimum Gasteiger partial charge on any atom is -0.497 e. The molecular formula is C26H30N4O5S. The number of aromatic nitrogens is 2. The normalized spacial score (nSPS) is 17.0.